The van der Waals surface area contributed by atoms with Gasteiger partial charge >= 0.3 is 0 Å². The molecular formula is C16H25N5O2S. The van der Waals surface area contributed by atoms with Crippen LogP contribution in [0, 0.1) is 5.41 Å². The molecule has 1 aromatic rings. The van der Waals surface area contributed by atoms with Crippen molar-refractivity contribution in [1.29, 1.82) is 5.41 Å². The number of carbonyl (C=O) groups excluding carboxylic acids is 2. The average molecular weight is 351 g/mol. The molecule has 1 aromatic heterocycles. The molecule has 2 amide bonds. The van der Waals surface area contributed by atoms with E-state index in [1.165, 1.54) is 11.3 Å². The first kappa shape index (κ1) is 18.4. The van der Waals surface area contributed by atoms with E-state index in [2.05, 4.69) is 10.6 Å². The maximum atomic E-state index is 12.6. The molecule has 1 aliphatic heterocycles. The Kier molecular flexibility index (Phi) is 5.95. The highest BCUT2D eigenvalue weighted by Gasteiger charge is 2.38. The smallest absolute Gasteiger partial charge is 0.243 e. The second-order valence-electron chi connectivity index (χ2n) is 6.16. The van der Waals surface area contributed by atoms with Crippen LogP contribution >= 0.6 is 11.3 Å². The number of rotatable bonds is 6. The highest BCUT2D eigenvalue weighted by atomic mass is 32.1. The van der Waals surface area contributed by atoms with Gasteiger partial charge in [0.1, 0.15) is 11.9 Å². The number of nitrogens with one attached hydrogen (secondary N) is 3. The molecule has 1 saturated heterocycles. The zero-order valence-corrected chi connectivity index (χ0v) is 15.1. The fourth-order valence-electron chi connectivity index (χ4n) is 3.01. The molecule has 0 radical (unpaired) electrons. The van der Waals surface area contributed by atoms with Gasteiger partial charge in [0.25, 0.3) is 0 Å². The zero-order valence-electron chi connectivity index (χ0n) is 14.3. The van der Waals surface area contributed by atoms with Crippen molar-refractivity contribution in [2.45, 2.75) is 44.8 Å². The Labute approximate surface area is 146 Å². The van der Waals surface area contributed by atoms with Crippen LogP contribution in [-0.2, 0) is 9.59 Å². The number of likely N-dealkylation sites (tertiary alicyclic amines) is 1. The zero-order chi connectivity index (χ0) is 17.9. The van der Waals surface area contributed by atoms with Crippen LogP contribution in [-0.4, -0.2) is 48.2 Å². The first-order valence-electron chi connectivity index (χ1n) is 8.04. The molecule has 0 aliphatic carbocycles. The summed E-state index contributed by atoms with van der Waals surface area (Å²) in [6, 6.07) is 1.28. The van der Waals surface area contributed by atoms with E-state index in [0.29, 0.717) is 12.0 Å². The highest BCUT2D eigenvalue weighted by Crippen LogP contribution is 2.26. The Hall–Kier alpha value is -1.93. The minimum absolute atomic E-state index is 0.0180. The monoisotopic (exact) mass is 351 g/mol. The number of carbonyl (C=O) groups is 2. The van der Waals surface area contributed by atoms with Gasteiger partial charge in [-0.25, -0.2) is 0 Å². The van der Waals surface area contributed by atoms with Gasteiger partial charge < -0.3 is 21.3 Å². The summed E-state index contributed by atoms with van der Waals surface area (Å²) >= 11 is 1.46. The molecule has 2 heterocycles. The van der Waals surface area contributed by atoms with Crippen LogP contribution in [0.5, 0.6) is 0 Å². The third-order valence-corrected chi connectivity index (χ3v) is 5.42. The van der Waals surface area contributed by atoms with E-state index in [9.17, 15) is 9.59 Å². The molecule has 0 saturated carbocycles. The summed E-state index contributed by atoms with van der Waals surface area (Å²) in [5.74, 6) is -0.163. The van der Waals surface area contributed by atoms with Gasteiger partial charge in [-0.15, -0.1) is 11.3 Å². The van der Waals surface area contributed by atoms with Gasteiger partial charge in [-0.2, -0.15) is 0 Å². The second kappa shape index (κ2) is 7.76. The van der Waals surface area contributed by atoms with E-state index in [1.807, 2.05) is 19.9 Å². The quantitative estimate of drug-likeness (QED) is 0.449. The summed E-state index contributed by atoms with van der Waals surface area (Å²) in [5, 5.41) is 15.1. The second-order valence-corrected chi connectivity index (χ2v) is 7.10. The number of amidine groups is 1. The maximum Gasteiger partial charge on any atom is 0.243 e. The Bertz CT molecular complexity index is 630. The Morgan fingerprint density at radius 3 is 2.79 bits per heavy atom. The summed E-state index contributed by atoms with van der Waals surface area (Å²) < 4.78 is 0. The predicted molar refractivity (Wildman–Crippen MR) is 95.1 cm³/mol. The first-order valence-corrected chi connectivity index (χ1v) is 8.92. The van der Waals surface area contributed by atoms with Crippen LogP contribution in [0.25, 0.3) is 0 Å². The molecule has 2 unspecified atom stereocenters. The first-order chi connectivity index (χ1) is 11.3. The van der Waals surface area contributed by atoms with Crippen molar-refractivity contribution in [3.05, 3.63) is 21.9 Å². The SMILES string of the molecule is CNCC(=O)N1C(C)CCC1C(=O)N[C@H](C)c1cc(C(=N)N)cs1. The third kappa shape index (κ3) is 3.93. The summed E-state index contributed by atoms with van der Waals surface area (Å²) in [6.45, 7) is 4.10. The van der Waals surface area contributed by atoms with Crippen molar-refractivity contribution in [2.75, 3.05) is 13.6 Å². The number of likely N-dealkylation sites (N-methyl/N-ethyl adjacent to an activating group) is 1. The van der Waals surface area contributed by atoms with E-state index in [-0.39, 0.29) is 36.3 Å². The number of amides is 2. The van der Waals surface area contributed by atoms with Crippen LogP contribution < -0.4 is 16.4 Å². The number of thiophene rings is 1. The number of hydrogen-bond acceptors (Lipinski definition) is 5. The van der Waals surface area contributed by atoms with Crippen molar-refractivity contribution in [3.8, 4) is 0 Å². The van der Waals surface area contributed by atoms with Crippen molar-refractivity contribution in [2.24, 2.45) is 5.73 Å². The van der Waals surface area contributed by atoms with Crippen LogP contribution in [0.1, 0.15) is 43.2 Å². The topological polar surface area (TPSA) is 111 Å². The number of hydrogen-bond donors (Lipinski definition) is 4. The van der Waals surface area contributed by atoms with Crippen LogP contribution in [0.2, 0.25) is 0 Å². The van der Waals surface area contributed by atoms with E-state index >= 15 is 0 Å². The normalized spacial score (nSPS) is 21.5. The minimum atomic E-state index is -0.421. The minimum Gasteiger partial charge on any atom is -0.384 e. The Balaban J connectivity index is 2.04. The molecule has 1 aliphatic rings. The van der Waals surface area contributed by atoms with Crippen molar-refractivity contribution < 1.29 is 9.59 Å². The standard InChI is InChI=1S/C16H25N5O2S/c1-9-4-5-12(21(9)14(22)7-19-3)16(23)20-10(2)13-6-11(8-24-13)15(17)18/h6,8-10,12,19H,4-5,7H2,1-3H3,(H3,17,18)(H,20,23)/t9?,10-,12?/m1/s1. The fourth-order valence-corrected chi connectivity index (χ4v) is 3.92. The van der Waals surface area contributed by atoms with Gasteiger partial charge in [-0.05, 0) is 39.8 Å². The maximum absolute atomic E-state index is 12.6. The van der Waals surface area contributed by atoms with Gasteiger partial charge in [-0.1, -0.05) is 0 Å². The van der Waals surface area contributed by atoms with Gasteiger partial charge in [-0.3, -0.25) is 15.0 Å². The lowest BCUT2D eigenvalue weighted by atomic mass is 10.1. The third-order valence-electron chi connectivity index (χ3n) is 4.30. The molecule has 1 fully saturated rings. The summed E-state index contributed by atoms with van der Waals surface area (Å²) in [4.78, 5) is 27.5. The predicted octanol–water partition coefficient (Wildman–Crippen LogP) is 0.808. The van der Waals surface area contributed by atoms with Crippen LogP contribution in [0.4, 0.5) is 0 Å². The molecule has 8 heteroatoms. The Morgan fingerprint density at radius 2 is 2.21 bits per heavy atom. The Morgan fingerprint density at radius 1 is 1.50 bits per heavy atom. The number of nitrogens with zero attached hydrogens (tertiary/aromatic N) is 1. The lowest BCUT2D eigenvalue weighted by Gasteiger charge is -2.28. The van der Waals surface area contributed by atoms with Crippen LogP contribution in [0.3, 0.4) is 0 Å². The molecule has 132 valence electrons. The van der Waals surface area contributed by atoms with Gasteiger partial charge in [0.05, 0.1) is 12.6 Å². The van der Waals surface area contributed by atoms with E-state index < -0.39 is 6.04 Å². The summed E-state index contributed by atoms with van der Waals surface area (Å²) in [7, 11) is 1.72. The van der Waals surface area contributed by atoms with Gasteiger partial charge in [0, 0.05) is 21.9 Å². The number of nitrogen functional groups attached to an aromatic ring is 1. The fraction of sp³-hybridized carbons (Fsp3) is 0.562. The van der Waals surface area contributed by atoms with E-state index in [4.69, 9.17) is 11.1 Å². The molecule has 0 bridgehead atoms. The average Bonchev–Trinajstić information content (AvgIpc) is 3.14. The molecule has 3 atom stereocenters. The number of nitrogens with two attached hydrogens (primary N) is 1. The highest BCUT2D eigenvalue weighted by molar-refractivity contribution is 7.10. The summed E-state index contributed by atoms with van der Waals surface area (Å²) in [6.07, 6.45) is 1.51. The lowest BCUT2D eigenvalue weighted by Crippen LogP contribution is -2.50. The lowest BCUT2D eigenvalue weighted by molar-refractivity contribution is -0.139. The molecular weight excluding hydrogens is 326 g/mol. The van der Waals surface area contributed by atoms with Crippen molar-refractivity contribution >= 4 is 29.0 Å². The van der Waals surface area contributed by atoms with Gasteiger partial charge in [0.15, 0.2) is 0 Å². The molecule has 0 spiro atoms. The van der Waals surface area contributed by atoms with Crippen LogP contribution in [0.15, 0.2) is 11.4 Å². The van der Waals surface area contributed by atoms with Crippen molar-refractivity contribution in [3.63, 3.8) is 0 Å². The largest absolute Gasteiger partial charge is 0.384 e. The summed E-state index contributed by atoms with van der Waals surface area (Å²) in [5.41, 5.74) is 6.14. The molecule has 0 aromatic carbocycles. The van der Waals surface area contributed by atoms with E-state index in [0.717, 1.165) is 11.3 Å². The molecule has 7 nitrogen and oxygen atoms in total. The van der Waals surface area contributed by atoms with E-state index in [1.54, 1.807) is 17.3 Å². The molecule has 2 rings (SSSR count). The molecule has 5 N–H and O–H groups in total. The van der Waals surface area contributed by atoms with Crippen molar-refractivity contribution in [1.82, 2.24) is 15.5 Å². The van der Waals surface area contributed by atoms with Gasteiger partial charge in [0.2, 0.25) is 11.8 Å². The molecule has 24 heavy (non-hydrogen) atoms.